The third-order valence-electron chi connectivity index (χ3n) is 1.36. The summed E-state index contributed by atoms with van der Waals surface area (Å²) >= 11 is 0. The van der Waals surface area contributed by atoms with E-state index in [1.165, 1.54) is 0 Å². The highest BCUT2D eigenvalue weighted by Crippen LogP contribution is 2.15. The van der Waals surface area contributed by atoms with Gasteiger partial charge in [0.15, 0.2) is 0 Å². The normalized spacial score (nSPS) is 9.64. The van der Waals surface area contributed by atoms with Crippen molar-refractivity contribution in [2.45, 2.75) is 13.8 Å². The molecule has 1 rings (SSSR count). The van der Waals surface area contributed by atoms with Crippen LogP contribution in [0.25, 0.3) is 0 Å². The molecular weight excluding hydrogens is 140 g/mol. The maximum Gasteiger partial charge on any atom is 0.140 e. The minimum absolute atomic E-state index is 0.533. The lowest BCUT2D eigenvalue weighted by atomic mass is 10.3. The van der Waals surface area contributed by atoms with Crippen LogP contribution in [-0.2, 0) is 0 Å². The summed E-state index contributed by atoms with van der Waals surface area (Å²) in [6.07, 6.45) is 0. The Morgan fingerprint density at radius 1 is 1.55 bits per heavy atom. The number of anilines is 1. The second kappa shape index (κ2) is 3.23. The molecule has 11 heavy (non-hydrogen) atoms. The second-order valence-corrected chi connectivity index (χ2v) is 2.25. The van der Waals surface area contributed by atoms with Crippen LogP contribution in [0, 0.1) is 6.92 Å². The van der Waals surface area contributed by atoms with Gasteiger partial charge in [0.25, 0.3) is 0 Å². The van der Waals surface area contributed by atoms with Gasteiger partial charge in [-0.25, -0.2) is 4.98 Å². The average molecular weight is 152 g/mol. The van der Waals surface area contributed by atoms with Crippen LogP contribution in [-0.4, -0.2) is 11.6 Å². The molecular formula is C8H12N2O. The Labute approximate surface area is 66.2 Å². The molecule has 0 aliphatic heterocycles. The smallest absolute Gasteiger partial charge is 0.140 e. The Balaban J connectivity index is 2.90. The molecule has 1 aromatic rings. The van der Waals surface area contributed by atoms with Crippen molar-refractivity contribution in [2.75, 3.05) is 12.3 Å². The van der Waals surface area contributed by atoms with E-state index in [1.54, 1.807) is 6.07 Å². The topological polar surface area (TPSA) is 48.1 Å². The van der Waals surface area contributed by atoms with E-state index in [4.69, 9.17) is 10.5 Å². The van der Waals surface area contributed by atoms with E-state index < -0.39 is 0 Å². The molecule has 2 N–H and O–H groups in total. The number of hydrogen-bond donors (Lipinski definition) is 1. The predicted molar refractivity (Wildman–Crippen MR) is 44.6 cm³/mol. The summed E-state index contributed by atoms with van der Waals surface area (Å²) in [5, 5.41) is 0. The first-order valence-corrected chi connectivity index (χ1v) is 3.60. The van der Waals surface area contributed by atoms with Crippen LogP contribution in [0.2, 0.25) is 0 Å². The number of aromatic nitrogens is 1. The zero-order valence-electron chi connectivity index (χ0n) is 6.79. The van der Waals surface area contributed by atoms with Crippen molar-refractivity contribution in [3.8, 4) is 5.75 Å². The fourth-order valence-electron chi connectivity index (χ4n) is 0.876. The molecule has 0 amide bonds. The highest BCUT2D eigenvalue weighted by Gasteiger charge is 1.98. The summed E-state index contributed by atoms with van der Waals surface area (Å²) in [4.78, 5) is 4.04. The number of nitrogens with two attached hydrogens (primary N) is 1. The van der Waals surface area contributed by atoms with Crippen molar-refractivity contribution >= 4 is 5.82 Å². The SMILES string of the molecule is CCOc1ccc(N)nc1C. The van der Waals surface area contributed by atoms with E-state index in [-0.39, 0.29) is 0 Å². The molecule has 0 saturated carbocycles. The van der Waals surface area contributed by atoms with Crippen LogP contribution >= 0.6 is 0 Å². The molecule has 0 atom stereocenters. The van der Waals surface area contributed by atoms with E-state index in [9.17, 15) is 0 Å². The quantitative estimate of drug-likeness (QED) is 0.696. The maximum atomic E-state index is 5.46. The third kappa shape index (κ3) is 1.83. The highest BCUT2D eigenvalue weighted by molar-refractivity contribution is 5.37. The largest absolute Gasteiger partial charge is 0.492 e. The van der Waals surface area contributed by atoms with Gasteiger partial charge < -0.3 is 10.5 Å². The van der Waals surface area contributed by atoms with Gasteiger partial charge in [-0.1, -0.05) is 0 Å². The van der Waals surface area contributed by atoms with Crippen molar-refractivity contribution in [1.82, 2.24) is 4.98 Å². The molecule has 0 radical (unpaired) electrons. The van der Waals surface area contributed by atoms with E-state index >= 15 is 0 Å². The minimum atomic E-state index is 0.533. The zero-order chi connectivity index (χ0) is 8.27. The van der Waals surface area contributed by atoms with Crippen LogP contribution < -0.4 is 10.5 Å². The van der Waals surface area contributed by atoms with Crippen molar-refractivity contribution in [1.29, 1.82) is 0 Å². The summed E-state index contributed by atoms with van der Waals surface area (Å²) in [5.41, 5.74) is 6.30. The molecule has 60 valence electrons. The van der Waals surface area contributed by atoms with Gasteiger partial charge in [0.1, 0.15) is 11.6 Å². The lowest BCUT2D eigenvalue weighted by molar-refractivity contribution is 0.336. The zero-order valence-corrected chi connectivity index (χ0v) is 6.79. The molecule has 3 nitrogen and oxygen atoms in total. The number of ether oxygens (including phenoxy) is 1. The van der Waals surface area contributed by atoms with Gasteiger partial charge in [0.2, 0.25) is 0 Å². The molecule has 0 aliphatic rings. The summed E-state index contributed by atoms with van der Waals surface area (Å²) < 4.78 is 5.27. The lowest BCUT2D eigenvalue weighted by Gasteiger charge is -2.05. The first-order valence-electron chi connectivity index (χ1n) is 3.60. The molecule has 0 aliphatic carbocycles. The van der Waals surface area contributed by atoms with E-state index in [0.717, 1.165) is 11.4 Å². The van der Waals surface area contributed by atoms with Crippen molar-refractivity contribution in [3.05, 3.63) is 17.8 Å². The van der Waals surface area contributed by atoms with Gasteiger partial charge in [-0.3, -0.25) is 0 Å². The predicted octanol–water partition coefficient (Wildman–Crippen LogP) is 1.37. The molecule has 3 heteroatoms. The molecule has 1 heterocycles. The number of rotatable bonds is 2. The maximum absolute atomic E-state index is 5.46. The van der Waals surface area contributed by atoms with Gasteiger partial charge >= 0.3 is 0 Å². The average Bonchev–Trinajstić information content (AvgIpc) is 1.95. The Kier molecular flexibility index (Phi) is 2.31. The van der Waals surface area contributed by atoms with Crippen LogP contribution in [0.4, 0.5) is 5.82 Å². The Morgan fingerprint density at radius 3 is 2.82 bits per heavy atom. The van der Waals surface area contributed by atoms with E-state index in [2.05, 4.69) is 4.98 Å². The van der Waals surface area contributed by atoms with E-state index in [1.807, 2.05) is 19.9 Å². The lowest BCUT2D eigenvalue weighted by Crippen LogP contribution is -1.98. The molecule has 0 bridgehead atoms. The third-order valence-corrected chi connectivity index (χ3v) is 1.36. The first kappa shape index (κ1) is 7.85. The van der Waals surface area contributed by atoms with Crippen molar-refractivity contribution in [2.24, 2.45) is 0 Å². The van der Waals surface area contributed by atoms with Crippen LogP contribution in [0.3, 0.4) is 0 Å². The van der Waals surface area contributed by atoms with E-state index in [0.29, 0.717) is 12.4 Å². The molecule has 1 aromatic heterocycles. The summed E-state index contributed by atoms with van der Waals surface area (Å²) in [6, 6.07) is 3.57. The number of nitrogen functional groups attached to an aromatic ring is 1. The molecule has 0 saturated heterocycles. The monoisotopic (exact) mass is 152 g/mol. The molecule has 0 fully saturated rings. The number of aryl methyl sites for hydroxylation is 1. The van der Waals surface area contributed by atoms with Gasteiger partial charge in [0, 0.05) is 0 Å². The second-order valence-electron chi connectivity index (χ2n) is 2.25. The molecule has 0 unspecified atom stereocenters. The fourth-order valence-corrected chi connectivity index (χ4v) is 0.876. The van der Waals surface area contributed by atoms with Crippen molar-refractivity contribution < 1.29 is 4.74 Å². The number of nitrogens with zero attached hydrogens (tertiary/aromatic N) is 1. The van der Waals surface area contributed by atoms with Gasteiger partial charge in [-0.05, 0) is 26.0 Å². The molecule has 0 aromatic carbocycles. The Hall–Kier alpha value is -1.25. The Morgan fingerprint density at radius 2 is 2.27 bits per heavy atom. The van der Waals surface area contributed by atoms with Gasteiger partial charge in [-0.15, -0.1) is 0 Å². The van der Waals surface area contributed by atoms with Crippen LogP contribution in [0.1, 0.15) is 12.6 Å². The van der Waals surface area contributed by atoms with Crippen LogP contribution in [0.15, 0.2) is 12.1 Å². The molecule has 0 spiro atoms. The number of hydrogen-bond acceptors (Lipinski definition) is 3. The van der Waals surface area contributed by atoms with Crippen LogP contribution in [0.5, 0.6) is 5.75 Å². The first-order chi connectivity index (χ1) is 5.24. The fraction of sp³-hybridized carbons (Fsp3) is 0.375. The summed E-state index contributed by atoms with van der Waals surface area (Å²) in [7, 11) is 0. The Bertz CT molecular complexity index is 248. The summed E-state index contributed by atoms with van der Waals surface area (Å²) in [6.45, 7) is 4.48. The summed E-state index contributed by atoms with van der Waals surface area (Å²) in [5.74, 6) is 1.34. The minimum Gasteiger partial charge on any atom is -0.492 e. The van der Waals surface area contributed by atoms with Gasteiger partial charge in [0.05, 0.1) is 12.3 Å². The highest BCUT2D eigenvalue weighted by atomic mass is 16.5. The number of pyridine rings is 1. The van der Waals surface area contributed by atoms with Crippen molar-refractivity contribution in [3.63, 3.8) is 0 Å². The van der Waals surface area contributed by atoms with Gasteiger partial charge in [-0.2, -0.15) is 0 Å². The standard InChI is InChI=1S/C8H12N2O/c1-3-11-7-4-5-8(9)10-6(7)2/h4-5H,3H2,1-2H3,(H2,9,10).